The molecule has 0 N–H and O–H groups in total. The fraction of sp³-hybridized carbons (Fsp3) is 0.440. The van der Waals surface area contributed by atoms with Crippen molar-refractivity contribution in [3.63, 3.8) is 0 Å². The summed E-state index contributed by atoms with van der Waals surface area (Å²) in [4.78, 5) is 27.5. The van der Waals surface area contributed by atoms with Gasteiger partial charge in [-0.1, -0.05) is 47.3 Å². The van der Waals surface area contributed by atoms with Crippen LogP contribution in [0.25, 0.3) is 10.2 Å². The summed E-state index contributed by atoms with van der Waals surface area (Å²) in [6.45, 7) is 1.57. The maximum Gasteiger partial charge on any atom is 0.263 e. The van der Waals surface area contributed by atoms with E-state index in [2.05, 4.69) is 41.3 Å². The lowest BCUT2D eigenvalue weighted by Crippen LogP contribution is -2.25. The molecule has 0 atom stereocenters. The van der Waals surface area contributed by atoms with Crippen molar-refractivity contribution in [3.05, 3.63) is 68.4 Å². The second kappa shape index (κ2) is 10.4. The Bertz CT molecular complexity index is 1330. The number of hydrogen-bond donors (Lipinski definition) is 0. The van der Waals surface area contributed by atoms with Gasteiger partial charge in [0.2, 0.25) is 5.89 Å². The normalized spacial score (nSPS) is 13.6. The van der Waals surface area contributed by atoms with Crippen LogP contribution in [0.5, 0.6) is 0 Å². The van der Waals surface area contributed by atoms with E-state index in [0.717, 1.165) is 53.2 Å². The number of hydrogen-bond acceptors (Lipinski definition) is 8. The summed E-state index contributed by atoms with van der Waals surface area (Å²) >= 11 is 3.20. The van der Waals surface area contributed by atoms with E-state index in [-0.39, 0.29) is 5.56 Å². The second-order valence-corrected chi connectivity index (χ2v) is 11.0. The molecule has 9 heteroatoms. The van der Waals surface area contributed by atoms with E-state index in [1.165, 1.54) is 28.6 Å². The monoisotopic (exact) mass is 495 g/mol. The Kier molecular flexibility index (Phi) is 7.12. The maximum atomic E-state index is 13.6. The van der Waals surface area contributed by atoms with Gasteiger partial charge in [0, 0.05) is 17.8 Å². The summed E-state index contributed by atoms with van der Waals surface area (Å²) in [5.74, 6) is 1.70. The highest BCUT2D eigenvalue weighted by Gasteiger charge is 2.22. The van der Waals surface area contributed by atoms with E-state index in [1.54, 1.807) is 11.3 Å². The van der Waals surface area contributed by atoms with Crippen molar-refractivity contribution in [3.8, 4) is 0 Å². The van der Waals surface area contributed by atoms with Gasteiger partial charge in [-0.2, -0.15) is 4.98 Å². The molecule has 3 heterocycles. The third-order valence-electron chi connectivity index (χ3n) is 6.07. The molecule has 0 saturated carbocycles. The summed E-state index contributed by atoms with van der Waals surface area (Å²) in [5.41, 5.74) is 2.48. The van der Waals surface area contributed by atoms with Gasteiger partial charge in [-0.25, -0.2) is 4.98 Å². The van der Waals surface area contributed by atoms with Crippen LogP contribution in [-0.4, -0.2) is 45.2 Å². The summed E-state index contributed by atoms with van der Waals surface area (Å²) in [6, 6.07) is 10.1. The molecule has 0 spiro atoms. The quantitative estimate of drug-likeness (QED) is 0.249. The Balaban J connectivity index is 1.39. The molecule has 0 radical (unpaired) electrons. The number of fused-ring (bicyclic) bond motifs is 3. The van der Waals surface area contributed by atoms with Crippen molar-refractivity contribution < 1.29 is 4.52 Å². The number of thioether (sulfide) groups is 1. The molecule has 1 aromatic carbocycles. The molecule has 0 aliphatic heterocycles. The SMILES string of the molecule is CN(C)CCCn1c(SCc2nc(Cc3ccccc3)no2)nc2sc3c(c2c1=O)CCCC3. The zero-order valence-electron chi connectivity index (χ0n) is 19.6. The maximum absolute atomic E-state index is 13.6. The smallest absolute Gasteiger partial charge is 0.263 e. The van der Waals surface area contributed by atoms with Gasteiger partial charge in [0.15, 0.2) is 11.0 Å². The number of benzene rings is 1. The first-order chi connectivity index (χ1) is 16.6. The Morgan fingerprint density at radius 1 is 1.15 bits per heavy atom. The predicted molar refractivity (Wildman–Crippen MR) is 137 cm³/mol. The molecule has 7 nitrogen and oxygen atoms in total. The Morgan fingerprint density at radius 3 is 2.79 bits per heavy atom. The van der Waals surface area contributed by atoms with Crippen LogP contribution in [0.4, 0.5) is 0 Å². The molecule has 34 heavy (non-hydrogen) atoms. The Hall–Kier alpha value is -2.49. The van der Waals surface area contributed by atoms with Gasteiger partial charge in [-0.05, 0) is 63.9 Å². The van der Waals surface area contributed by atoms with E-state index in [1.807, 2.05) is 22.8 Å². The van der Waals surface area contributed by atoms with E-state index in [9.17, 15) is 4.79 Å². The van der Waals surface area contributed by atoms with Crippen molar-refractivity contribution in [1.29, 1.82) is 0 Å². The minimum absolute atomic E-state index is 0.0981. The first-order valence-electron chi connectivity index (χ1n) is 11.8. The van der Waals surface area contributed by atoms with Crippen LogP contribution in [-0.2, 0) is 31.6 Å². The third-order valence-corrected chi connectivity index (χ3v) is 8.21. The Labute approximate surface area is 207 Å². The average molecular weight is 496 g/mol. The lowest BCUT2D eigenvalue weighted by atomic mass is 9.97. The third kappa shape index (κ3) is 5.11. The zero-order chi connectivity index (χ0) is 23.5. The number of nitrogens with zero attached hydrogens (tertiary/aromatic N) is 5. The van der Waals surface area contributed by atoms with Crippen LogP contribution < -0.4 is 5.56 Å². The lowest BCUT2D eigenvalue weighted by molar-refractivity contribution is 0.379. The summed E-state index contributed by atoms with van der Waals surface area (Å²) in [7, 11) is 4.11. The number of thiophene rings is 1. The average Bonchev–Trinajstić information content (AvgIpc) is 3.43. The molecule has 0 bridgehead atoms. The molecule has 178 valence electrons. The van der Waals surface area contributed by atoms with Crippen molar-refractivity contribution in [2.45, 2.75) is 56.0 Å². The molecule has 0 unspecified atom stereocenters. The fourth-order valence-electron chi connectivity index (χ4n) is 4.40. The van der Waals surface area contributed by atoms with Crippen molar-refractivity contribution in [1.82, 2.24) is 24.6 Å². The molecular weight excluding hydrogens is 466 g/mol. The summed E-state index contributed by atoms with van der Waals surface area (Å²) in [6.07, 6.45) is 5.92. The van der Waals surface area contributed by atoms with Crippen LogP contribution in [0.15, 0.2) is 44.8 Å². The van der Waals surface area contributed by atoms with Crippen molar-refractivity contribution in [2.75, 3.05) is 20.6 Å². The van der Waals surface area contributed by atoms with Gasteiger partial charge in [0.25, 0.3) is 5.56 Å². The van der Waals surface area contributed by atoms with E-state index in [0.29, 0.717) is 30.4 Å². The first kappa shape index (κ1) is 23.3. The van der Waals surface area contributed by atoms with E-state index < -0.39 is 0 Å². The van der Waals surface area contributed by atoms with Crippen LogP contribution in [0.2, 0.25) is 0 Å². The number of rotatable bonds is 9. The number of aromatic nitrogens is 4. The molecule has 0 amide bonds. The fourth-order valence-corrected chi connectivity index (χ4v) is 6.56. The highest BCUT2D eigenvalue weighted by molar-refractivity contribution is 7.98. The molecular formula is C25H29N5O2S2. The van der Waals surface area contributed by atoms with Crippen LogP contribution in [0, 0.1) is 0 Å². The largest absolute Gasteiger partial charge is 0.338 e. The molecule has 0 saturated heterocycles. The topological polar surface area (TPSA) is 77.1 Å². The highest BCUT2D eigenvalue weighted by Crippen LogP contribution is 2.35. The minimum atomic E-state index is 0.0981. The van der Waals surface area contributed by atoms with Gasteiger partial charge in [0.1, 0.15) is 4.83 Å². The zero-order valence-corrected chi connectivity index (χ0v) is 21.3. The summed E-state index contributed by atoms with van der Waals surface area (Å²) in [5, 5.41) is 5.71. The Morgan fingerprint density at radius 2 is 1.97 bits per heavy atom. The molecule has 1 aliphatic rings. The second-order valence-electron chi connectivity index (χ2n) is 8.95. The minimum Gasteiger partial charge on any atom is -0.338 e. The standard InChI is InChI=1S/C25H29N5O2S2/c1-29(2)13-8-14-30-24(31)22-18-11-6-7-12-19(18)34-23(22)27-25(30)33-16-21-26-20(28-32-21)15-17-9-4-3-5-10-17/h3-5,9-10H,6-8,11-16H2,1-2H3. The van der Waals surface area contributed by atoms with E-state index >= 15 is 0 Å². The number of aryl methyl sites for hydroxylation is 2. The molecule has 3 aromatic heterocycles. The van der Waals surface area contributed by atoms with Crippen molar-refractivity contribution >= 4 is 33.3 Å². The van der Waals surface area contributed by atoms with Crippen LogP contribution in [0.3, 0.4) is 0 Å². The highest BCUT2D eigenvalue weighted by atomic mass is 32.2. The molecule has 4 aromatic rings. The van der Waals surface area contributed by atoms with Gasteiger partial charge in [-0.3, -0.25) is 9.36 Å². The molecule has 0 fully saturated rings. The van der Waals surface area contributed by atoms with E-state index in [4.69, 9.17) is 9.51 Å². The van der Waals surface area contributed by atoms with Crippen LogP contribution in [0.1, 0.15) is 47.0 Å². The van der Waals surface area contributed by atoms with Gasteiger partial charge in [-0.15, -0.1) is 11.3 Å². The molecule has 1 aliphatic carbocycles. The van der Waals surface area contributed by atoms with Crippen molar-refractivity contribution in [2.24, 2.45) is 0 Å². The lowest BCUT2D eigenvalue weighted by Gasteiger charge is -2.14. The molecule has 5 rings (SSSR count). The van der Waals surface area contributed by atoms with Gasteiger partial charge < -0.3 is 9.42 Å². The van der Waals surface area contributed by atoms with Gasteiger partial charge in [0.05, 0.1) is 11.1 Å². The predicted octanol–water partition coefficient (Wildman–Crippen LogP) is 4.55. The first-order valence-corrected chi connectivity index (χ1v) is 13.6. The van der Waals surface area contributed by atoms with Gasteiger partial charge >= 0.3 is 0 Å². The summed E-state index contributed by atoms with van der Waals surface area (Å²) < 4.78 is 7.35. The van der Waals surface area contributed by atoms with Crippen LogP contribution >= 0.6 is 23.1 Å².